The van der Waals surface area contributed by atoms with E-state index >= 15 is 0 Å². The Hall–Kier alpha value is -6.00. The van der Waals surface area contributed by atoms with Crippen molar-refractivity contribution in [2.24, 2.45) is 0 Å². The first-order chi connectivity index (χ1) is 23.8. The summed E-state index contributed by atoms with van der Waals surface area (Å²) in [5.74, 6) is 1.21. The molecule has 0 unspecified atom stereocenters. The van der Waals surface area contributed by atoms with Crippen LogP contribution < -0.4 is 4.74 Å². The standard InChI is InChI=1S/C42H23N5O.Pd/c1-2-8-26(9-3-1)47-38-13-7-5-11-32(38)34-24-33-30-17-15-28(23-36(30)42-44-19-21-46(42)39(33)25-40(34)47)48-27-14-16-29-31-10-4-6-12-37(31)45-20-18-43-41(45)35(29)22-27;/h1-21,24-25H;/q-2;+2. The number of aromatic nitrogens is 5. The number of rotatable bonds is 3. The van der Waals surface area contributed by atoms with Gasteiger partial charge >= 0.3 is 20.4 Å². The minimum absolute atomic E-state index is 0. The van der Waals surface area contributed by atoms with E-state index in [0.29, 0.717) is 11.5 Å². The van der Waals surface area contributed by atoms with Gasteiger partial charge < -0.3 is 18.1 Å². The normalized spacial score (nSPS) is 11.9. The van der Waals surface area contributed by atoms with Crippen LogP contribution in [0.5, 0.6) is 11.5 Å². The van der Waals surface area contributed by atoms with Gasteiger partial charge in [0.1, 0.15) is 0 Å². The molecule has 0 bridgehead atoms. The smallest absolute Gasteiger partial charge is 0.497 e. The summed E-state index contributed by atoms with van der Waals surface area (Å²) in [7, 11) is 0. The van der Waals surface area contributed by atoms with Crippen molar-refractivity contribution < 1.29 is 25.2 Å². The Balaban J connectivity index is 0.00000306. The molecule has 0 aliphatic rings. The third-order valence-electron chi connectivity index (χ3n) is 9.59. The summed E-state index contributed by atoms with van der Waals surface area (Å²) in [5.41, 5.74) is 7.34. The van der Waals surface area contributed by atoms with E-state index in [-0.39, 0.29) is 20.4 Å². The number of nitrogens with zero attached hydrogens (tertiary/aromatic N) is 5. The number of hydrogen-bond donors (Lipinski definition) is 0. The quantitative estimate of drug-likeness (QED) is 0.104. The topological polar surface area (TPSA) is 48.8 Å². The van der Waals surface area contributed by atoms with Crippen LogP contribution in [0.15, 0.2) is 140 Å². The molecular weight excluding hydrogens is 697 g/mol. The predicted octanol–water partition coefficient (Wildman–Crippen LogP) is 10.1. The van der Waals surface area contributed by atoms with Crippen molar-refractivity contribution in [3.8, 4) is 17.2 Å². The maximum absolute atomic E-state index is 6.46. The van der Waals surface area contributed by atoms with Gasteiger partial charge in [0.15, 0.2) is 0 Å². The molecule has 0 aliphatic carbocycles. The summed E-state index contributed by atoms with van der Waals surface area (Å²) in [6, 6.07) is 47.4. The zero-order valence-electron chi connectivity index (χ0n) is 25.7. The van der Waals surface area contributed by atoms with Crippen molar-refractivity contribution in [1.82, 2.24) is 23.3 Å². The molecule has 7 heteroatoms. The van der Waals surface area contributed by atoms with Crippen LogP contribution >= 0.6 is 0 Å². The molecule has 0 saturated heterocycles. The van der Waals surface area contributed by atoms with E-state index in [9.17, 15) is 0 Å². The van der Waals surface area contributed by atoms with Crippen molar-refractivity contribution in [1.29, 1.82) is 0 Å². The number of benzene rings is 6. The van der Waals surface area contributed by atoms with Crippen LogP contribution in [0.4, 0.5) is 0 Å². The Kier molecular flexibility index (Phi) is 6.01. The zero-order chi connectivity index (χ0) is 31.3. The first-order valence-corrected chi connectivity index (χ1v) is 15.9. The first kappa shape index (κ1) is 28.1. The Bertz CT molecular complexity index is 3100. The van der Waals surface area contributed by atoms with Crippen LogP contribution in [0.3, 0.4) is 0 Å². The fourth-order valence-electron chi connectivity index (χ4n) is 7.54. The summed E-state index contributed by atoms with van der Waals surface area (Å²) in [5, 5.41) is 8.67. The van der Waals surface area contributed by atoms with Gasteiger partial charge in [0.25, 0.3) is 0 Å². The van der Waals surface area contributed by atoms with E-state index in [1.54, 1.807) is 0 Å². The molecule has 0 amide bonds. The average Bonchev–Trinajstić information content (AvgIpc) is 3.90. The summed E-state index contributed by atoms with van der Waals surface area (Å²) >= 11 is 0. The SMILES string of the molecule is [Pd+2].[c-]1c(Oc2[c-]c3c(cc2)c2cc4c5ccccc5n(-c5ccccc5)c4cc2n2ccnc32)ccc2c1c1nccn1c1ccccc21. The summed E-state index contributed by atoms with van der Waals surface area (Å²) in [6.45, 7) is 0. The van der Waals surface area contributed by atoms with E-state index < -0.39 is 0 Å². The van der Waals surface area contributed by atoms with Crippen LogP contribution in [-0.2, 0) is 20.4 Å². The molecule has 232 valence electrons. The maximum Gasteiger partial charge on any atom is 2.00 e. The monoisotopic (exact) mass is 719 g/mol. The van der Waals surface area contributed by atoms with Gasteiger partial charge in [-0.3, -0.25) is 9.97 Å². The number of pyridine rings is 2. The molecule has 0 spiro atoms. The molecule has 6 nitrogen and oxygen atoms in total. The average molecular weight is 720 g/mol. The van der Waals surface area contributed by atoms with Gasteiger partial charge in [-0.25, -0.2) is 0 Å². The van der Waals surface area contributed by atoms with Gasteiger partial charge in [-0.05, 0) is 41.1 Å². The van der Waals surface area contributed by atoms with Crippen LogP contribution in [-0.4, -0.2) is 23.3 Å². The van der Waals surface area contributed by atoms with Crippen LogP contribution in [0.1, 0.15) is 0 Å². The minimum atomic E-state index is 0. The third-order valence-corrected chi connectivity index (χ3v) is 9.59. The van der Waals surface area contributed by atoms with Gasteiger partial charge in [-0.2, -0.15) is 0 Å². The number of para-hydroxylation sites is 3. The summed E-state index contributed by atoms with van der Waals surface area (Å²) in [6.07, 6.45) is 7.69. The molecule has 11 rings (SSSR count). The summed E-state index contributed by atoms with van der Waals surface area (Å²) < 4.78 is 13.1. The van der Waals surface area contributed by atoms with Crippen LogP contribution in [0.25, 0.3) is 82.1 Å². The van der Waals surface area contributed by atoms with Gasteiger partial charge in [0, 0.05) is 63.8 Å². The molecule has 6 aromatic carbocycles. The van der Waals surface area contributed by atoms with E-state index in [0.717, 1.165) is 65.8 Å². The predicted molar refractivity (Wildman–Crippen MR) is 192 cm³/mol. The van der Waals surface area contributed by atoms with Gasteiger partial charge in [-0.15, -0.1) is 12.1 Å². The first-order valence-electron chi connectivity index (χ1n) is 15.9. The van der Waals surface area contributed by atoms with Crippen molar-refractivity contribution >= 4 is 76.5 Å². The minimum Gasteiger partial charge on any atom is -0.497 e. The Morgan fingerprint density at radius 3 is 1.71 bits per heavy atom. The van der Waals surface area contributed by atoms with Crippen LogP contribution in [0.2, 0.25) is 0 Å². The molecule has 0 aliphatic heterocycles. The molecule has 0 N–H and O–H groups in total. The molecule has 0 fully saturated rings. The molecular formula is C42H23N5OPd. The fraction of sp³-hybridized carbons (Fsp3) is 0. The number of fused-ring (bicyclic) bond motifs is 15. The molecule has 11 aromatic rings. The van der Waals surface area contributed by atoms with E-state index in [1.807, 2.05) is 36.9 Å². The number of hydrogen-bond acceptors (Lipinski definition) is 3. The molecule has 5 heterocycles. The fourth-order valence-corrected chi connectivity index (χ4v) is 7.54. The van der Waals surface area contributed by atoms with Gasteiger partial charge in [0.05, 0.1) is 22.3 Å². The van der Waals surface area contributed by atoms with Crippen molar-refractivity contribution in [3.05, 3.63) is 152 Å². The molecule has 49 heavy (non-hydrogen) atoms. The van der Waals surface area contributed by atoms with Crippen LogP contribution in [0, 0.1) is 12.1 Å². The summed E-state index contributed by atoms with van der Waals surface area (Å²) in [4.78, 5) is 9.46. The second-order valence-electron chi connectivity index (χ2n) is 12.2. The second kappa shape index (κ2) is 10.5. The van der Waals surface area contributed by atoms with Crippen molar-refractivity contribution in [2.75, 3.05) is 0 Å². The maximum atomic E-state index is 6.46. The van der Waals surface area contributed by atoms with Gasteiger partial charge in [-0.1, -0.05) is 106 Å². The third kappa shape index (κ3) is 3.98. The zero-order valence-corrected chi connectivity index (χ0v) is 27.3. The van der Waals surface area contributed by atoms with Crippen molar-refractivity contribution in [2.45, 2.75) is 0 Å². The molecule has 0 atom stereocenters. The molecule has 0 radical (unpaired) electrons. The van der Waals surface area contributed by atoms with Gasteiger partial charge in [0.2, 0.25) is 0 Å². The Morgan fingerprint density at radius 1 is 0.469 bits per heavy atom. The Morgan fingerprint density at radius 2 is 1.02 bits per heavy atom. The number of imidazole rings is 2. The van der Waals surface area contributed by atoms with E-state index in [1.165, 1.54) is 16.3 Å². The van der Waals surface area contributed by atoms with E-state index in [4.69, 9.17) is 9.72 Å². The molecule has 0 saturated carbocycles. The Labute approximate surface area is 293 Å². The van der Waals surface area contributed by atoms with Crippen molar-refractivity contribution in [3.63, 3.8) is 0 Å². The van der Waals surface area contributed by atoms with E-state index in [2.05, 4.69) is 134 Å². The molecule has 5 aromatic heterocycles. The largest absolute Gasteiger partial charge is 2.00 e. The second-order valence-corrected chi connectivity index (χ2v) is 12.2. The number of ether oxygens (including phenoxy) is 1.